The van der Waals surface area contributed by atoms with E-state index < -0.39 is 15.3 Å². The lowest BCUT2D eigenvalue weighted by molar-refractivity contribution is -0.128. The third kappa shape index (κ3) is 4.85. The van der Waals surface area contributed by atoms with Crippen molar-refractivity contribution in [1.82, 2.24) is 14.5 Å². The average molecular weight is 447 g/mol. The Bertz CT molecular complexity index is 1140. The molecule has 0 aliphatic heterocycles. The lowest BCUT2D eigenvalue weighted by Crippen LogP contribution is -2.27. The second-order valence-electron chi connectivity index (χ2n) is 7.24. The van der Waals surface area contributed by atoms with E-state index in [-0.39, 0.29) is 10.8 Å². The molecular formula is C21H26N4O3S2. The number of nitrogens with two attached hydrogens (primary N) is 1. The molecule has 1 atom stereocenters. The van der Waals surface area contributed by atoms with Gasteiger partial charge < -0.3 is 9.47 Å². The van der Waals surface area contributed by atoms with Gasteiger partial charge in [-0.1, -0.05) is 55.4 Å². The molecule has 0 spiro atoms. The maximum atomic E-state index is 12.9. The summed E-state index contributed by atoms with van der Waals surface area (Å²) in [4.78, 5) is 19.2. The minimum Gasteiger partial charge on any atom is -0.348 e. The molecule has 0 aliphatic rings. The quantitative estimate of drug-likeness (QED) is 0.535. The van der Waals surface area contributed by atoms with Crippen molar-refractivity contribution in [3.8, 4) is 0 Å². The highest BCUT2D eigenvalue weighted by Crippen LogP contribution is 2.38. The van der Waals surface area contributed by atoms with Gasteiger partial charge in [0.05, 0.1) is 15.9 Å². The molecule has 3 rings (SSSR count). The number of carbonyl (C=O) groups excluding carboxylic acids is 1. The standard InChI is InChI=1S/C21H26N4O3S2/c1-4-5-13-25-18-12-11-16(30(22,27)28)14-17(18)23-21(25)29-19(20(26)24(2)3)15-9-7-6-8-10-15/h6-12,14,19H,4-5,13H2,1-3H3,(H2,22,27,28)/t19-/m0/s1. The van der Waals surface area contributed by atoms with Crippen molar-refractivity contribution in [3.63, 3.8) is 0 Å². The Morgan fingerprint density at radius 2 is 1.90 bits per heavy atom. The summed E-state index contributed by atoms with van der Waals surface area (Å²) in [5.41, 5.74) is 2.26. The predicted molar refractivity (Wildman–Crippen MR) is 120 cm³/mol. The number of likely N-dealkylation sites (N-methyl/N-ethyl adjacent to an activating group) is 1. The molecule has 0 bridgehead atoms. The zero-order chi connectivity index (χ0) is 21.9. The van der Waals surface area contributed by atoms with Crippen LogP contribution in [-0.4, -0.2) is 42.9 Å². The summed E-state index contributed by atoms with van der Waals surface area (Å²) >= 11 is 1.37. The van der Waals surface area contributed by atoms with Crippen molar-refractivity contribution in [2.75, 3.05) is 14.1 Å². The molecule has 1 amide bonds. The van der Waals surface area contributed by atoms with E-state index in [0.717, 1.165) is 30.5 Å². The molecule has 0 unspecified atom stereocenters. The number of hydrogen-bond acceptors (Lipinski definition) is 5. The first-order valence-corrected chi connectivity index (χ1v) is 12.1. The number of sulfonamides is 1. The first kappa shape index (κ1) is 22.3. The molecule has 1 aromatic heterocycles. The molecule has 2 aromatic carbocycles. The Hall–Kier alpha value is -2.36. The Morgan fingerprint density at radius 1 is 1.20 bits per heavy atom. The SMILES string of the molecule is CCCCn1c(S[C@H](C(=O)N(C)C)c2ccccc2)nc2cc(S(N)(=O)=O)ccc21. The second-order valence-corrected chi connectivity index (χ2v) is 9.87. The molecule has 30 heavy (non-hydrogen) atoms. The lowest BCUT2D eigenvalue weighted by atomic mass is 10.1. The van der Waals surface area contributed by atoms with Crippen LogP contribution < -0.4 is 5.14 Å². The van der Waals surface area contributed by atoms with Crippen molar-refractivity contribution in [1.29, 1.82) is 0 Å². The maximum Gasteiger partial charge on any atom is 0.240 e. The van der Waals surface area contributed by atoms with Crippen LogP contribution in [0.1, 0.15) is 30.6 Å². The summed E-state index contributed by atoms with van der Waals surface area (Å²) in [5.74, 6) is -0.0366. The number of fused-ring (bicyclic) bond motifs is 1. The summed E-state index contributed by atoms with van der Waals surface area (Å²) in [6, 6.07) is 14.3. The third-order valence-electron chi connectivity index (χ3n) is 4.74. The van der Waals surface area contributed by atoms with Gasteiger partial charge in [-0.05, 0) is 30.2 Å². The van der Waals surface area contributed by atoms with Gasteiger partial charge in [0.15, 0.2) is 5.16 Å². The van der Waals surface area contributed by atoms with Gasteiger partial charge in [0.25, 0.3) is 0 Å². The largest absolute Gasteiger partial charge is 0.348 e. The smallest absolute Gasteiger partial charge is 0.240 e. The number of amides is 1. The molecule has 3 aromatic rings. The predicted octanol–water partition coefficient (Wildman–Crippen LogP) is 3.41. The Balaban J connectivity index is 2.10. The lowest BCUT2D eigenvalue weighted by Gasteiger charge is -2.20. The second kappa shape index (κ2) is 9.20. The Morgan fingerprint density at radius 3 is 2.50 bits per heavy atom. The van der Waals surface area contributed by atoms with Crippen LogP contribution in [0.3, 0.4) is 0 Å². The molecular weight excluding hydrogens is 420 g/mol. The monoisotopic (exact) mass is 446 g/mol. The van der Waals surface area contributed by atoms with Gasteiger partial charge in [0.2, 0.25) is 15.9 Å². The summed E-state index contributed by atoms with van der Waals surface area (Å²) in [5, 5.41) is 5.50. The molecule has 0 saturated heterocycles. The Labute approximate surface area is 181 Å². The van der Waals surface area contributed by atoms with Gasteiger partial charge >= 0.3 is 0 Å². The van der Waals surface area contributed by atoms with Crippen molar-refractivity contribution in [2.24, 2.45) is 5.14 Å². The van der Waals surface area contributed by atoms with Crippen LogP contribution >= 0.6 is 11.8 Å². The van der Waals surface area contributed by atoms with Crippen LogP contribution in [0.4, 0.5) is 0 Å². The highest BCUT2D eigenvalue weighted by atomic mass is 32.2. The van der Waals surface area contributed by atoms with Gasteiger partial charge in [0, 0.05) is 20.6 Å². The number of imidazole rings is 1. The van der Waals surface area contributed by atoms with Gasteiger partial charge in [-0.25, -0.2) is 18.5 Å². The highest BCUT2D eigenvalue weighted by Gasteiger charge is 2.26. The fourth-order valence-electron chi connectivity index (χ4n) is 3.12. The van der Waals surface area contributed by atoms with E-state index >= 15 is 0 Å². The minimum atomic E-state index is -3.82. The van der Waals surface area contributed by atoms with Gasteiger partial charge in [-0.2, -0.15) is 0 Å². The first-order chi connectivity index (χ1) is 14.2. The molecule has 0 fully saturated rings. The van der Waals surface area contributed by atoms with Crippen LogP contribution in [0.25, 0.3) is 11.0 Å². The number of thioether (sulfide) groups is 1. The number of carbonyl (C=O) groups is 1. The van der Waals surface area contributed by atoms with Crippen LogP contribution in [0, 0.1) is 0 Å². The third-order valence-corrected chi connectivity index (χ3v) is 6.88. The van der Waals surface area contributed by atoms with Gasteiger partial charge in [-0.3, -0.25) is 4.79 Å². The van der Waals surface area contributed by atoms with Gasteiger partial charge in [0.1, 0.15) is 5.25 Å². The highest BCUT2D eigenvalue weighted by molar-refractivity contribution is 8.00. The topological polar surface area (TPSA) is 98.3 Å². The summed E-state index contributed by atoms with van der Waals surface area (Å²) in [6.45, 7) is 2.83. The van der Waals surface area contributed by atoms with E-state index in [0.29, 0.717) is 10.7 Å². The van der Waals surface area contributed by atoms with E-state index in [1.807, 2.05) is 30.3 Å². The number of hydrogen-bond donors (Lipinski definition) is 1. The summed E-state index contributed by atoms with van der Waals surface area (Å²) < 4.78 is 25.6. The number of nitrogens with zero attached hydrogens (tertiary/aromatic N) is 3. The number of primary sulfonamides is 1. The van der Waals surface area contributed by atoms with E-state index in [2.05, 4.69) is 16.5 Å². The minimum absolute atomic E-state index is 0.0238. The van der Waals surface area contributed by atoms with E-state index in [9.17, 15) is 13.2 Å². The fourth-order valence-corrected chi connectivity index (χ4v) is 4.93. The average Bonchev–Trinajstić information content (AvgIpc) is 3.06. The number of aromatic nitrogens is 2. The zero-order valence-electron chi connectivity index (χ0n) is 17.3. The summed E-state index contributed by atoms with van der Waals surface area (Å²) in [7, 11) is -0.356. The molecule has 0 radical (unpaired) electrons. The molecule has 2 N–H and O–H groups in total. The van der Waals surface area contributed by atoms with Crippen molar-refractivity contribution in [2.45, 2.75) is 41.6 Å². The van der Waals surface area contributed by atoms with Crippen molar-refractivity contribution < 1.29 is 13.2 Å². The summed E-state index contributed by atoms with van der Waals surface area (Å²) in [6.07, 6.45) is 1.94. The van der Waals surface area contributed by atoms with E-state index in [1.54, 1.807) is 25.1 Å². The normalized spacial score (nSPS) is 12.8. The van der Waals surface area contributed by atoms with Crippen molar-refractivity contribution in [3.05, 3.63) is 54.1 Å². The van der Waals surface area contributed by atoms with E-state index in [1.165, 1.54) is 23.9 Å². The van der Waals surface area contributed by atoms with Crippen molar-refractivity contribution >= 4 is 38.7 Å². The van der Waals surface area contributed by atoms with E-state index in [4.69, 9.17) is 5.14 Å². The van der Waals surface area contributed by atoms with Crippen LogP contribution in [0.2, 0.25) is 0 Å². The molecule has 7 nitrogen and oxygen atoms in total. The number of rotatable bonds is 8. The molecule has 1 heterocycles. The number of aryl methyl sites for hydroxylation is 1. The van der Waals surface area contributed by atoms with Crippen LogP contribution in [0.15, 0.2) is 58.6 Å². The molecule has 0 aliphatic carbocycles. The number of benzene rings is 2. The van der Waals surface area contributed by atoms with Crippen LogP contribution in [-0.2, 0) is 21.4 Å². The van der Waals surface area contributed by atoms with Gasteiger partial charge in [-0.15, -0.1) is 0 Å². The Kier molecular flexibility index (Phi) is 6.84. The fraction of sp³-hybridized carbons (Fsp3) is 0.333. The molecule has 0 saturated carbocycles. The maximum absolute atomic E-state index is 12.9. The molecule has 9 heteroatoms. The first-order valence-electron chi connectivity index (χ1n) is 9.68. The number of unbranched alkanes of at least 4 members (excludes halogenated alkanes) is 1. The van der Waals surface area contributed by atoms with Crippen LogP contribution in [0.5, 0.6) is 0 Å². The molecule has 160 valence electrons. The zero-order valence-corrected chi connectivity index (χ0v) is 18.9.